The lowest BCUT2D eigenvalue weighted by Crippen LogP contribution is -2.46. The van der Waals surface area contributed by atoms with E-state index in [0.29, 0.717) is 24.4 Å². The van der Waals surface area contributed by atoms with E-state index in [1.54, 1.807) is 4.90 Å². The van der Waals surface area contributed by atoms with Crippen LogP contribution >= 0.6 is 0 Å². The summed E-state index contributed by atoms with van der Waals surface area (Å²) >= 11 is 0. The van der Waals surface area contributed by atoms with Gasteiger partial charge in [-0.05, 0) is 12.8 Å². The predicted molar refractivity (Wildman–Crippen MR) is 49.6 cm³/mol. The van der Waals surface area contributed by atoms with Gasteiger partial charge in [0.05, 0.1) is 0 Å². The van der Waals surface area contributed by atoms with Crippen LogP contribution in [0.25, 0.3) is 0 Å². The van der Waals surface area contributed by atoms with Crippen molar-refractivity contribution in [3.63, 3.8) is 0 Å². The van der Waals surface area contributed by atoms with E-state index in [2.05, 4.69) is 0 Å². The maximum atomic E-state index is 11.5. The number of hydroxylamine groups is 2. The molecule has 0 bridgehead atoms. The topological polar surface area (TPSA) is 60.9 Å². The quantitative estimate of drug-likeness (QED) is 0.524. The molecule has 0 saturated carbocycles. The summed E-state index contributed by atoms with van der Waals surface area (Å²) in [5.41, 5.74) is 0. The van der Waals surface area contributed by atoms with Crippen LogP contribution in [0.1, 0.15) is 26.2 Å². The van der Waals surface area contributed by atoms with E-state index in [0.717, 1.165) is 6.42 Å². The monoisotopic (exact) mass is 200 g/mol. The Morgan fingerprint density at radius 1 is 1.71 bits per heavy atom. The molecule has 1 heterocycles. The van der Waals surface area contributed by atoms with E-state index in [-0.39, 0.29) is 5.91 Å². The van der Waals surface area contributed by atoms with Crippen LogP contribution in [0.2, 0.25) is 0 Å². The Morgan fingerprint density at radius 3 is 2.71 bits per heavy atom. The van der Waals surface area contributed by atoms with Gasteiger partial charge in [0.15, 0.2) is 0 Å². The summed E-state index contributed by atoms with van der Waals surface area (Å²) < 4.78 is 0. The second-order valence-electron chi connectivity index (χ2n) is 3.48. The maximum Gasteiger partial charge on any atom is 0.268 e. The smallest absolute Gasteiger partial charge is 0.268 e. The Labute approximate surface area is 83.2 Å². The normalized spacial score (nSPS) is 18.5. The zero-order valence-corrected chi connectivity index (χ0v) is 8.56. The minimum absolute atomic E-state index is 0.00653. The van der Waals surface area contributed by atoms with Crippen LogP contribution in [0, 0.1) is 0 Å². The van der Waals surface area contributed by atoms with Crippen LogP contribution < -0.4 is 0 Å². The van der Waals surface area contributed by atoms with Gasteiger partial charge in [-0.3, -0.25) is 14.8 Å². The fraction of sp³-hybridized carbons (Fsp3) is 0.778. The first-order valence-electron chi connectivity index (χ1n) is 4.83. The molecular weight excluding hydrogens is 184 g/mol. The molecule has 0 aromatic heterocycles. The van der Waals surface area contributed by atoms with E-state index < -0.39 is 11.9 Å². The van der Waals surface area contributed by atoms with Crippen molar-refractivity contribution in [3.05, 3.63) is 0 Å². The molecule has 1 rings (SSSR count). The lowest BCUT2D eigenvalue weighted by Gasteiger charge is -2.27. The average Bonchev–Trinajstić information content (AvgIpc) is 2.53. The number of likely N-dealkylation sites (tertiary alicyclic amines) is 1. The SMILES string of the molecule is CCC(C(=O)N(C)O)N1CCCC1=O. The zero-order valence-electron chi connectivity index (χ0n) is 8.56. The molecule has 1 fully saturated rings. The summed E-state index contributed by atoms with van der Waals surface area (Å²) in [5.74, 6) is -0.408. The first-order chi connectivity index (χ1) is 6.57. The third-order valence-electron chi connectivity index (χ3n) is 2.48. The number of likely N-dealkylation sites (N-methyl/N-ethyl adjacent to an activating group) is 1. The molecule has 80 valence electrons. The molecule has 1 aliphatic heterocycles. The Bertz CT molecular complexity index is 240. The molecule has 1 unspecified atom stereocenters. The van der Waals surface area contributed by atoms with Crippen LogP contribution in [0.3, 0.4) is 0 Å². The predicted octanol–water partition coefficient (Wildman–Crippen LogP) is 0.235. The summed E-state index contributed by atoms with van der Waals surface area (Å²) in [7, 11) is 1.28. The van der Waals surface area contributed by atoms with Crippen LogP contribution in [-0.4, -0.2) is 46.6 Å². The van der Waals surface area contributed by atoms with Gasteiger partial charge in [-0.25, -0.2) is 5.06 Å². The molecule has 1 atom stereocenters. The van der Waals surface area contributed by atoms with Gasteiger partial charge in [0, 0.05) is 20.0 Å². The number of carbonyl (C=O) groups is 2. The summed E-state index contributed by atoms with van der Waals surface area (Å²) in [4.78, 5) is 24.4. The Morgan fingerprint density at radius 2 is 2.36 bits per heavy atom. The third kappa shape index (κ3) is 2.04. The molecule has 5 nitrogen and oxygen atoms in total. The van der Waals surface area contributed by atoms with Crippen molar-refractivity contribution >= 4 is 11.8 Å². The molecule has 0 aromatic carbocycles. The van der Waals surface area contributed by atoms with Gasteiger partial charge < -0.3 is 4.90 Å². The number of amides is 2. The van der Waals surface area contributed by atoms with Crippen molar-refractivity contribution in [1.82, 2.24) is 9.96 Å². The van der Waals surface area contributed by atoms with E-state index >= 15 is 0 Å². The Hall–Kier alpha value is -1.10. The van der Waals surface area contributed by atoms with E-state index in [9.17, 15) is 9.59 Å². The van der Waals surface area contributed by atoms with Crippen molar-refractivity contribution in [2.75, 3.05) is 13.6 Å². The molecular formula is C9H16N2O3. The highest BCUT2D eigenvalue weighted by atomic mass is 16.5. The molecule has 1 N–H and O–H groups in total. The minimum Gasteiger partial charge on any atom is -0.331 e. The third-order valence-corrected chi connectivity index (χ3v) is 2.48. The fourth-order valence-electron chi connectivity index (χ4n) is 1.74. The molecule has 0 spiro atoms. The van der Waals surface area contributed by atoms with Crippen LogP contribution in [0.4, 0.5) is 0 Å². The van der Waals surface area contributed by atoms with Gasteiger partial charge in [0.25, 0.3) is 5.91 Å². The van der Waals surface area contributed by atoms with Crippen LogP contribution in [0.15, 0.2) is 0 Å². The summed E-state index contributed by atoms with van der Waals surface area (Å²) in [5, 5.41) is 9.57. The number of rotatable bonds is 3. The maximum absolute atomic E-state index is 11.5. The zero-order chi connectivity index (χ0) is 10.7. The molecule has 1 aliphatic rings. The second-order valence-corrected chi connectivity index (χ2v) is 3.48. The van der Waals surface area contributed by atoms with E-state index in [1.807, 2.05) is 6.92 Å². The van der Waals surface area contributed by atoms with Gasteiger partial charge in [-0.2, -0.15) is 0 Å². The van der Waals surface area contributed by atoms with Crippen molar-refractivity contribution in [2.24, 2.45) is 0 Å². The standard InChI is InChI=1S/C9H16N2O3/c1-3-7(9(13)10(2)14)11-6-4-5-8(11)12/h7,14H,3-6H2,1-2H3. The lowest BCUT2D eigenvalue weighted by atomic mass is 10.2. The molecule has 0 radical (unpaired) electrons. The number of carbonyl (C=O) groups excluding carboxylic acids is 2. The Balaban J connectivity index is 2.70. The fourth-order valence-corrected chi connectivity index (χ4v) is 1.74. The van der Waals surface area contributed by atoms with Gasteiger partial charge >= 0.3 is 0 Å². The highest BCUT2D eigenvalue weighted by Gasteiger charge is 2.32. The van der Waals surface area contributed by atoms with Gasteiger partial charge in [0.1, 0.15) is 6.04 Å². The van der Waals surface area contributed by atoms with Crippen molar-refractivity contribution in [1.29, 1.82) is 0 Å². The summed E-state index contributed by atoms with van der Waals surface area (Å²) in [6, 6.07) is -0.500. The highest BCUT2D eigenvalue weighted by Crippen LogP contribution is 2.16. The van der Waals surface area contributed by atoms with Gasteiger partial charge in [-0.15, -0.1) is 0 Å². The number of hydrogen-bond acceptors (Lipinski definition) is 3. The molecule has 14 heavy (non-hydrogen) atoms. The second kappa shape index (κ2) is 4.41. The first-order valence-corrected chi connectivity index (χ1v) is 4.83. The van der Waals surface area contributed by atoms with Crippen molar-refractivity contribution < 1.29 is 14.8 Å². The van der Waals surface area contributed by atoms with Crippen molar-refractivity contribution in [3.8, 4) is 0 Å². The summed E-state index contributed by atoms with van der Waals surface area (Å²) in [6.07, 6.45) is 1.85. The molecule has 2 amide bonds. The average molecular weight is 200 g/mol. The van der Waals surface area contributed by atoms with Crippen LogP contribution in [0.5, 0.6) is 0 Å². The lowest BCUT2D eigenvalue weighted by molar-refractivity contribution is -0.167. The highest BCUT2D eigenvalue weighted by molar-refractivity contribution is 5.87. The van der Waals surface area contributed by atoms with Crippen LogP contribution in [-0.2, 0) is 9.59 Å². The molecule has 0 aromatic rings. The minimum atomic E-state index is -0.500. The first kappa shape index (κ1) is 11.0. The summed E-state index contributed by atoms with van der Waals surface area (Å²) in [6.45, 7) is 2.45. The molecule has 5 heteroatoms. The van der Waals surface area contributed by atoms with E-state index in [1.165, 1.54) is 7.05 Å². The largest absolute Gasteiger partial charge is 0.331 e. The van der Waals surface area contributed by atoms with Crippen molar-refractivity contribution in [2.45, 2.75) is 32.2 Å². The van der Waals surface area contributed by atoms with E-state index in [4.69, 9.17) is 5.21 Å². The molecule has 1 saturated heterocycles. The van der Waals surface area contributed by atoms with Gasteiger partial charge in [0.2, 0.25) is 5.91 Å². The molecule has 0 aliphatic carbocycles. The Kier molecular flexibility index (Phi) is 3.46. The number of nitrogens with zero attached hydrogens (tertiary/aromatic N) is 2. The van der Waals surface area contributed by atoms with Gasteiger partial charge in [-0.1, -0.05) is 6.92 Å². The number of hydrogen-bond donors (Lipinski definition) is 1.